The molecule has 1 heterocycles. The van der Waals surface area contributed by atoms with Gasteiger partial charge >= 0.3 is 0 Å². The first kappa shape index (κ1) is 13.2. The van der Waals surface area contributed by atoms with Gasteiger partial charge in [-0.15, -0.1) is 0 Å². The van der Waals surface area contributed by atoms with E-state index in [2.05, 4.69) is 10.3 Å². The van der Waals surface area contributed by atoms with E-state index < -0.39 is 0 Å². The summed E-state index contributed by atoms with van der Waals surface area (Å²) in [5.74, 6) is 0.417. The van der Waals surface area contributed by atoms with Gasteiger partial charge in [-0.25, -0.2) is 4.98 Å². The van der Waals surface area contributed by atoms with Crippen LogP contribution >= 0.6 is 11.6 Å². The largest absolute Gasteiger partial charge is 0.495 e. The van der Waals surface area contributed by atoms with E-state index in [0.717, 1.165) is 0 Å². The van der Waals surface area contributed by atoms with Crippen LogP contribution in [0.4, 0.5) is 11.5 Å². The molecule has 0 unspecified atom stereocenters. The molecule has 0 fully saturated rings. The topological polar surface area (TPSA) is 77.2 Å². The van der Waals surface area contributed by atoms with Crippen molar-refractivity contribution in [3.05, 3.63) is 47.1 Å². The molecule has 0 bridgehead atoms. The van der Waals surface area contributed by atoms with E-state index in [0.29, 0.717) is 16.5 Å². The minimum Gasteiger partial charge on any atom is -0.495 e. The molecule has 2 rings (SSSR count). The summed E-state index contributed by atoms with van der Waals surface area (Å²) in [6, 6.07) is 9.79. The van der Waals surface area contributed by atoms with Gasteiger partial charge in [-0.3, -0.25) is 4.79 Å². The van der Waals surface area contributed by atoms with Crippen molar-refractivity contribution >= 4 is 29.0 Å². The molecule has 6 heteroatoms. The predicted molar refractivity (Wildman–Crippen MR) is 74.6 cm³/mol. The van der Waals surface area contributed by atoms with E-state index in [1.165, 1.54) is 7.11 Å². The number of nitrogens with one attached hydrogen (secondary N) is 1. The van der Waals surface area contributed by atoms with Crippen LogP contribution in [0.1, 0.15) is 10.5 Å². The van der Waals surface area contributed by atoms with Gasteiger partial charge in [-0.1, -0.05) is 17.7 Å². The van der Waals surface area contributed by atoms with Crippen molar-refractivity contribution in [1.82, 2.24) is 4.98 Å². The van der Waals surface area contributed by atoms with Gasteiger partial charge in [0.15, 0.2) is 0 Å². The third-order valence-corrected chi connectivity index (χ3v) is 2.65. The summed E-state index contributed by atoms with van der Waals surface area (Å²) in [4.78, 5) is 16.0. The van der Waals surface area contributed by atoms with Gasteiger partial charge in [0.25, 0.3) is 5.91 Å². The Bertz CT molecular complexity index is 617. The van der Waals surface area contributed by atoms with Crippen molar-refractivity contribution in [2.75, 3.05) is 18.2 Å². The summed E-state index contributed by atoms with van der Waals surface area (Å²) in [5, 5.41) is 3.18. The van der Waals surface area contributed by atoms with Gasteiger partial charge in [0, 0.05) is 5.02 Å². The molecule has 0 saturated heterocycles. The average molecular weight is 278 g/mol. The second-order valence-electron chi connectivity index (χ2n) is 3.75. The molecular formula is C13H12ClN3O2. The van der Waals surface area contributed by atoms with Crippen molar-refractivity contribution in [2.45, 2.75) is 0 Å². The smallest absolute Gasteiger partial charge is 0.274 e. The number of halogens is 1. The average Bonchev–Trinajstić information content (AvgIpc) is 2.39. The number of rotatable bonds is 3. The van der Waals surface area contributed by atoms with Crippen LogP contribution in [0, 0.1) is 0 Å². The molecule has 0 atom stereocenters. The summed E-state index contributed by atoms with van der Waals surface area (Å²) in [6.45, 7) is 0. The van der Waals surface area contributed by atoms with E-state index >= 15 is 0 Å². The van der Waals surface area contributed by atoms with E-state index in [1.54, 1.807) is 36.4 Å². The molecule has 1 aromatic carbocycles. The number of carbonyl (C=O) groups is 1. The van der Waals surface area contributed by atoms with Crippen molar-refractivity contribution < 1.29 is 9.53 Å². The Labute approximate surface area is 115 Å². The molecule has 0 saturated carbocycles. The fourth-order valence-corrected chi connectivity index (χ4v) is 1.71. The molecule has 0 aliphatic carbocycles. The molecule has 3 N–H and O–H groups in total. The third-order valence-electron chi connectivity index (χ3n) is 2.41. The van der Waals surface area contributed by atoms with E-state index in [1.807, 2.05) is 0 Å². The number of ether oxygens (including phenoxy) is 1. The van der Waals surface area contributed by atoms with Crippen LogP contribution in [0.5, 0.6) is 5.75 Å². The van der Waals surface area contributed by atoms with Gasteiger partial charge in [0.1, 0.15) is 17.3 Å². The molecule has 1 amide bonds. The molecule has 98 valence electrons. The Kier molecular flexibility index (Phi) is 3.87. The normalized spacial score (nSPS) is 10.0. The number of hydrogen-bond donors (Lipinski definition) is 2. The number of pyridine rings is 1. The number of methoxy groups -OCH3 is 1. The second-order valence-corrected chi connectivity index (χ2v) is 4.18. The maximum absolute atomic E-state index is 12.0. The molecule has 0 radical (unpaired) electrons. The summed E-state index contributed by atoms with van der Waals surface area (Å²) in [7, 11) is 1.51. The maximum atomic E-state index is 12.0. The lowest BCUT2D eigenvalue weighted by Crippen LogP contribution is -2.14. The van der Waals surface area contributed by atoms with Crippen LogP contribution in [0.15, 0.2) is 36.4 Å². The van der Waals surface area contributed by atoms with Crippen molar-refractivity contribution in [3.63, 3.8) is 0 Å². The van der Waals surface area contributed by atoms with Gasteiger partial charge in [-0.05, 0) is 30.3 Å². The van der Waals surface area contributed by atoms with Crippen LogP contribution in [-0.2, 0) is 0 Å². The van der Waals surface area contributed by atoms with E-state index in [-0.39, 0.29) is 17.4 Å². The number of amides is 1. The van der Waals surface area contributed by atoms with Crippen LogP contribution in [0.3, 0.4) is 0 Å². The van der Waals surface area contributed by atoms with Crippen molar-refractivity contribution in [3.8, 4) is 5.75 Å². The Morgan fingerprint density at radius 3 is 2.84 bits per heavy atom. The number of nitrogens with zero attached hydrogens (tertiary/aromatic N) is 1. The number of nitrogen functional groups attached to an aromatic ring is 1. The Hall–Kier alpha value is -2.27. The van der Waals surface area contributed by atoms with Crippen molar-refractivity contribution in [2.24, 2.45) is 0 Å². The van der Waals surface area contributed by atoms with Crippen LogP contribution in [-0.4, -0.2) is 18.0 Å². The van der Waals surface area contributed by atoms with Crippen LogP contribution in [0.25, 0.3) is 0 Å². The van der Waals surface area contributed by atoms with Crippen LogP contribution in [0.2, 0.25) is 5.02 Å². The first-order valence-electron chi connectivity index (χ1n) is 5.47. The first-order chi connectivity index (χ1) is 9.10. The summed E-state index contributed by atoms with van der Waals surface area (Å²) in [6.07, 6.45) is 0. The molecule has 19 heavy (non-hydrogen) atoms. The molecular weight excluding hydrogens is 266 g/mol. The number of aromatic nitrogens is 1. The third kappa shape index (κ3) is 3.14. The highest BCUT2D eigenvalue weighted by atomic mass is 35.5. The summed E-state index contributed by atoms with van der Waals surface area (Å²) >= 11 is 5.89. The lowest BCUT2D eigenvalue weighted by atomic mass is 10.2. The van der Waals surface area contributed by atoms with E-state index in [9.17, 15) is 4.79 Å². The van der Waals surface area contributed by atoms with Crippen molar-refractivity contribution in [1.29, 1.82) is 0 Å². The summed E-state index contributed by atoms with van der Waals surface area (Å²) < 4.78 is 5.14. The van der Waals surface area contributed by atoms with Gasteiger partial charge < -0.3 is 15.8 Å². The lowest BCUT2D eigenvalue weighted by Gasteiger charge is -2.10. The molecule has 0 aliphatic rings. The minimum absolute atomic E-state index is 0.224. The highest BCUT2D eigenvalue weighted by Gasteiger charge is 2.11. The van der Waals surface area contributed by atoms with E-state index in [4.69, 9.17) is 22.1 Å². The Balaban J connectivity index is 2.26. The van der Waals surface area contributed by atoms with Crippen LogP contribution < -0.4 is 15.8 Å². The number of anilines is 2. The number of benzene rings is 1. The molecule has 5 nitrogen and oxygen atoms in total. The fraction of sp³-hybridized carbons (Fsp3) is 0.0769. The zero-order valence-electron chi connectivity index (χ0n) is 10.2. The number of nitrogens with two attached hydrogens (primary N) is 1. The molecule has 1 aromatic heterocycles. The number of carbonyl (C=O) groups excluding carboxylic acids is 1. The fourth-order valence-electron chi connectivity index (χ4n) is 1.54. The SMILES string of the molecule is COc1ccc(Cl)cc1NC(=O)c1cccc(N)n1. The predicted octanol–water partition coefficient (Wildman–Crippen LogP) is 2.58. The number of hydrogen-bond acceptors (Lipinski definition) is 4. The zero-order chi connectivity index (χ0) is 13.8. The quantitative estimate of drug-likeness (QED) is 0.904. The standard InChI is InChI=1S/C13H12ClN3O2/c1-19-11-6-5-8(14)7-10(11)17-13(18)9-3-2-4-12(15)16-9/h2-7H,1H3,(H2,15,16)(H,17,18). The zero-order valence-corrected chi connectivity index (χ0v) is 10.9. The maximum Gasteiger partial charge on any atom is 0.274 e. The first-order valence-corrected chi connectivity index (χ1v) is 5.85. The minimum atomic E-state index is -0.382. The second kappa shape index (κ2) is 5.58. The highest BCUT2D eigenvalue weighted by Crippen LogP contribution is 2.27. The Morgan fingerprint density at radius 2 is 2.16 bits per heavy atom. The molecule has 0 spiro atoms. The lowest BCUT2D eigenvalue weighted by molar-refractivity contribution is 0.102. The summed E-state index contributed by atoms with van der Waals surface area (Å²) in [5.41, 5.74) is 6.23. The van der Waals surface area contributed by atoms with Gasteiger partial charge in [-0.2, -0.15) is 0 Å². The molecule has 2 aromatic rings. The highest BCUT2D eigenvalue weighted by molar-refractivity contribution is 6.31. The monoisotopic (exact) mass is 277 g/mol. The van der Waals surface area contributed by atoms with Gasteiger partial charge in [0.2, 0.25) is 0 Å². The molecule has 0 aliphatic heterocycles. The Morgan fingerprint density at radius 1 is 1.37 bits per heavy atom. The van der Waals surface area contributed by atoms with Gasteiger partial charge in [0.05, 0.1) is 12.8 Å².